The van der Waals surface area contributed by atoms with Crippen LogP contribution in [-0.2, 0) is 4.79 Å². The van der Waals surface area contributed by atoms with Crippen LogP contribution in [0.3, 0.4) is 0 Å². The van der Waals surface area contributed by atoms with Crippen molar-refractivity contribution in [3.63, 3.8) is 0 Å². The van der Waals surface area contributed by atoms with Crippen molar-refractivity contribution in [3.8, 4) is 0 Å². The van der Waals surface area contributed by atoms with E-state index in [1.165, 1.54) is 11.8 Å². The molecule has 0 aliphatic heterocycles. The van der Waals surface area contributed by atoms with Gasteiger partial charge in [-0.3, -0.25) is 4.79 Å². The van der Waals surface area contributed by atoms with Crippen molar-refractivity contribution < 1.29 is 9.78 Å². The molecule has 22 heavy (non-hydrogen) atoms. The lowest BCUT2D eigenvalue weighted by atomic mass is 10.3. The normalized spacial score (nSPS) is 12.3. The average molecular weight is 333 g/mol. The molecule has 6 heteroatoms. The van der Waals surface area contributed by atoms with Crippen LogP contribution < -0.4 is 10.3 Å². The topological polar surface area (TPSA) is 59.0 Å². The van der Waals surface area contributed by atoms with Crippen LogP contribution in [0.25, 0.3) is 11.0 Å². The number of thioether (sulfide) groups is 1. The quantitative estimate of drug-likeness (QED) is 0.715. The number of anilines is 1. The van der Waals surface area contributed by atoms with Gasteiger partial charge in [0.05, 0.1) is 5.25 Å². The van der Waals surface area contributed by atoms with Crippen molar-refractivity contribution in [1.82, 2.24) is 4.98 Å². The van der Waals surface area contributed by atoms with Crippen molar-refractivity contribution >= 4 is 46.0 Å². The first kappa shape index (κ1) is 14.9. The number of halogens is 1. The van der Waals surface area contributed by atoms with Gasteiger partial charge in [0.2, 0.25) is 5.91 Å². The molecule has 3 aromatic rings. The SMILES string of the molecule is CC(Sc1[nH]c2ccccc2[nH+]1)C(=O)Nc1cccc(Cl)c1. The molecule has 1 heterocycles. The van der Waals surface area contributed by atoms with Crippen molar-refractivity contribution in [1.29, 1.82) is 0 Å². The number of carbonyl (C=O) groups excluding carboxylic acids is 1. The first-order valence-electron chi connectivity index (χ1n) is 6.85. The van der Waals surface area contributed by atoms with Crippen LogP contribution in [0, 0.1) is 0 Å². The third-order valence-corrected chi connectivity index (χ3v) is 4.42. The van der Waals surface area contributed by atoms with Crippen LogP contribution in [0.2, 0.25) is 5.02 Å². The maximum absolute atomic E-state index is 12.2. The lowest BCUT2D eigenvalue weighted by Gasteiger charge is -2.09. The fourth-order valence-corrected chi connectivity index (χ4v) is 3.12. The predicted octanol–water partition coefficient (Wildman–Crippen LogP) is 3.75. The standard InChI is InChI=1S/C16H14ClN3OS/c1-10(15(21)18-12-6-4-5-11(17)9-12)22-16-19-13-7-2-3-8-14(13)20-16/h2-10H,1H3,(H,18,21)(H,19,20)/p+1. The molecule has 2 aromatic carbocycles. The molecule has 1 aromatic heterocycles. The van der Waals surface area contributed by atoms with Crippen molar-refractivity contribution in [2.75, 3.05) is 5.32 Å². The predicted molar refractivity (Wildman–Crippen MR) is 90.3 cm³/mol. The zero-order valence-electron chi connectivity index (χ0n) is 11.9. The van der Waals surface area contributed by atoms with E-state index in [1.54, 1.807) is 18.2 Å². The summed E-state index contributed by atoms with van der Waals surface area (Å²) in [5.41, 5.74) is 2.74. The lowest BCUT2D eigenvalue weighted by Crippen LogP contribution is -2.23. The maximum atomic E-state index is 12.2. The molecule has 0 aliphatic rings. The minimum Gasteiger partial charge on any atom is -0.325 e. The monoisotopic (exact) mass is 332 g/mol. The highest BCUT2D eigenvalue weighted by Gasteiger charge is 2.20. The van der Waals surface area contributed by atoms with Gasteiger partial charge >= 0.3 is 5.16 Å². The average Bonchev–Trinajstić information content (AvgIpc) is 2.89. The number of hydrogen-bond donors (Lipinski definition) is 2. The Morgan fingerprint density at radius 2 is 2.09 bits per heavy atom. The Bertz CT molecular complexity index is 785. The summed E-state index contributed by atoms with van der Waals surface area (Å²) < 4.78 is 0. The summed E-state index contributed by atoms with van der Waals surface area (Å²) in [5, 5.41) is 4.07. The number of hydrogen-bond acceptors (Lipinski definition) is 2. The van der Waals surface area contributed by atoms with Crippen LogP contribution >= 0.6 is 23.4 Å². The molecule has 4 nitrogen and oxygen atoms in total. The Labute approximate surface area is 137 Å². The molecule has 0 radical (unpaired) electrons. The Hall–Kier alpha value is -1.98. The highest BCUT2D eigenvalue weighted by molar-refractivity contribution is 8.00. The number of aromatic nitrogens is 2. The molecule has 0 aliphatic carbocycles. The molecule has 0 saturated carbocycles. The summed E-state index contributed by atoms with van der Waals surface area (Å²) in [4.78, 5) is 18.8. The van der Waals surface area contributed by atoms with Gasteiger partial charge in [-0.05, 0) is 49.0 Å². The van der Waals surface area contributed by atoms with Crippen molar-refractivity contribution in [3.05, 3.63) is 53.6 Å². The Morgan fingerprint density at radius 3 is 2.86 bits per heavy atom. The first-order valence-corrected chi connectivity index (χ1v) is 8.11. The highest BCUT2D eigenvalue weighted by atomic mass is 35.5. The molecule has 0 saturated heterocycles. The van der Waals surface area contributed by atoms with E-state index in [0.29, 0.717) is 10.7 Å². The Balaban J connectivity index is 1.68. The van der Waals surface area contributed by atoms with Crippen LogP contribution in [0.4, 0.5) is 5.69 Å². The molecular formula is C16H15ClN3OS+. The molecule has 3 rings (SSSR count). The first-order chi connectivity index (χ1) is 10.6. The summed E-state index contributed by atoms with van der Waals surface area (Å²) in [6.07, 6.45) is 0. The fraction of sp³-hybridized carbons (Fsp3) is 0.125. The molecule has 0 bridgehead atoms. The van der Waals surface area contributed by atoms with Crippen molar-refractivity contribution in [2.24, 2.45) is 0 Å². The second-order valence-corrected chi connectivity index (χ2v) is 6.67. The summed E-state index contributed by atoms with van der Waals surface area (Å²) in [6.45, 7) is 1.86. The summed E-state index contributed by atoms with van der Waals surface area (Å²) >= 11 is 7.36. The maximum Gasteiger partial charge on any atom is 0.315 e. The molecule has 1 amide bonds. The third-order valence-electron chi connectivity index (χ3n) is 3.18. The van der Waals surface area contributed by atoms with E-state index in [2.05, 4.69) is 15.3 Å². The summed E-state index contributed by atoms with van der Waals surface area (Å²) in [6, 6.07) is 15.0. The molecule has 0 spiro atoms. The number of carbonyl (C=O) groups is 1. The molecule has 1 unspecified atom stereocenters. The zero-order valence-corrected chi connectivity index (χ0v) is 13.5. The highest BCUT2D eigenvalue weighted by Crippen LogP contribution is 2.22. The van der Waals surface area contributed by atoms with Gasteiger partial charge in [-0.1, -0.05) is 29.8 Å². The van der Waals surface area contributed by atoms with Crippen LogP contribution in [0.5, 0.6) is 0 Å². The minimum atomic E-state index is -0.247. The Morgan fingerprint density at radius 1 is 1.27 bits per heavy atom. The molecule has 112 valence electrons. The smallest absolute Gasteiger partial charge is 0.315 e. The van der Waals surface area contributed by atoms with Crippen LogP contribution in [0.15, 0.2) is 53.7 Å². The van der Waals surface area contributed by atoms with Gasteiger partial charge in [-0.2, -0.15) is 0 Å². The largest absolute Gasteiger partial charge is 0.325 e. The van der Waals surface area contributed by atoms with Gasteiger partial charge in [0.25, 0.3) is 0 Å². The molecule has 3 N–H and O–H groups in total. The number of rotatable bonds is 4. The fourth-order valence-electron chi connectivity index (χ4n) is 2.08. The number of nitrogens with one attached hydrogen (secondary N) is 3. The van der Waals surface area contributed by atoms with E-state index in [1.807, 2.05) is 37.3 Å². The van der Waals surface area contributed by atoms with Gasteiger partial charge in [-0.15, -0.1) is 0 Å². The van der Waals surface area contributed by atoms with Gasteiger partial charge in [-0.25, -0.2) is 9.97 Å². The van der Waals surface area contributed by atoms with Gasteiger partial charge in [0, 0.05) is 10.7 Å². The number of fused-ring (bicyclic) bond motifs is 1. The van der Waals surface area contributed by atoms with E-state index in [4.69, 9.17) is 11.6 Å². The second-order valence-electron chi connectivity index (χ2n) is 4.88. The zero-order chi connectivity index (χ0) is 15.5. The summed E-state index contributed by atoms with van der Waals surface area (Å²) in [5.74, 6) is -0.0701. The number of aromatic amines is 2. The van der Waals surface area contributed by atoms with E-state index in [9.17, 15) is 4.79 Å². The van der Waals surface area contributed by atoms with Gasteiger partial charge in [0.1, 0.15) is 0 Å². The van der Waals surface area contributed by atoms with Gasteiger partial charge in [0.15, 0.2) is 11.0 Å². The van der Waals surface area contributed by atoms with Crippen LogP contribution in [0.1, 0.15) is 6.92 Å². The van der Waals surface area contributed by atoms with E-state index in [-0.39, 0.29) is 11.2 Å². The number of imidazole rings is 1. The third kappa shape index (κ3) is 3.43. The van der Waals surface area contributed by atoms with E-state index >= 15 is 0 Å². The van der Waals surface area contributed by atoms with E-state index in [0.717, 1.165) is 16.2 Å². The van der Waals surface area contributed by atoms with Gasteiger partial charge < -0.3 is 5.32 Å². The van der Waals surface area contributed by atoms with E-state index < -0.39 is 0 Å². The van der Waals surface area contributed by atoms with Crippen molar-refractivity contribution in [2.45, 2.75) is 17.3 Å². The van der Waals surface area contributed by atoms with Crippen LogP contribution in [-0.4, -0.2) is 16.1 Å². The molecular weight excluding hydrogens is 318 g/mol. The lowest BCUT2D eigenvalue weighted by molar-refractivity contribution is -0.396. The second kappa shape index (κ2) is 6.42. The molecule has 0 fully saturated rings. The number of benzene rings is 2. The number of para-hydroxylation sites is 2. The summed E-state index contributed by atoms with van der Waals surface area (Å²) in [7, 11) is 0. The molecule has 1 atom stereocenters. The minimum absolute atomic E-state index is 0.0701. The number of amides is 1. The Kier molecular flexibility index (Phi) is 4.36. The number of H-pyrrole nitrogens is 2.